The van der Waals surface area contributed by atoms with Gasteiger partial charge in [-0.1, -0.05) is 74.4 Å². The van der Waals surface area contributed by atoms with Crippen molar-refractivity contribution in [3.8, 4) is 0 Å². The maximum atomic E-state index is 12.4. The second-order valence-corrected chi connectivity index (χ2v) is 12.0. The molecule has 3 heteroatoms. The summed E-state index contributed by atoms with van der Waals surface area (Å²) in [6, 6.07) is 4.76. The lowest BCUT2D eigenvalue weighted by Gasteiger charge is -2.31. The van der Waals surface area contributed by atoms with Crippen LogP contribution in [0.5, 0.6) is 0 Å². The number of ether oxygens (including phenoxy) is 1. The van der Waals surface area contributed by atoms with Crippen molar-refractivity contribution in [1.29, 1.82) is 0 Å². The molecule has 0 unspecified atom stereocenters. The van der Waals surface area contributed by atoms with Crippen LogP contribution in [0.1, 0.15) is 110 Å². The third kappa shape index (κ3) is 9.20. The van der Waals surface area contributed by atoms with Gasteiger partial charge >= 0.3 is 5.97 Å². The van der Waals surface area contributed by atoms with Crippen LogP contribution in [-0.2, 0) is 33.2 Å². The normalized spacial score (nSPS) is 12.9. The van der Waals surface area contributed by atoms with Crippen molar-refractivity contribution in [3.63, 3.8) is 0 Å². The van der Waals surface area contributed by atoms with Crippen LogP contribution in [0, 0.1) is 5.41 Å². The Morgan fingerprint density at radius 1 is 0.900 bits per heavy atom. The van der Waals surface area contributed by atoms with Crippen molar-refractivity contribution in [1.82, 2.24) is 0 Å². The quantitative estimate of drug-likeness (QED) is 0.370. The summed E-state index contributed by atoms with van der Waals surface area (Å²) < 4.78 is 5.47. The third-order valence-corrected chi connectivity index (χ3v) is 5.43. The summed E-state index contributed by atoms with van der Waals surface area (Å²) in [7, 11) is 0. The minimum atomic E-state index is -0.0933. The Bertz CT molecular complexity index is 685. The number of nitrogens with two attached hydrogens (primary N) is 1. The van der Waals surface area contributed by atoms with Gasteiger partial charge in [-0.3, -0.25) is 4.79 Å². The average Bonchev–Trinajstić information content (AvgIpc) is 2.56. The second-order valence-electron chi connectivity index (χ2n) is 12.0. The molecule has 0 spiro atoms. The lowest BCUT2D eigenvalue weighted by atomic mass is 9.73. The molecule has 2 N–H and O–H groups in total. The van der Waals surface area contributed by atoms with Crippen molar-refractivity contribution in [2.75, 3.05) is 13.2 Å². The van der Waals surface area contributed by atoms with Crippen LogP contribution in [0.25, 0.3) is 0 Å². The van der Waals surface area contributed by atoms with Crippen molar-refractivity contribution < 1.29 is 9.53 Å². The van der Waals surface area contributed by atoms with Gasteiger partial charge in [0.2, 0.25) is 0 Å². The smallest absolute Gasteiger partial charge is 0.306 e. The van der Waals surface area contributed by atoms with Gasteiger partial charge in [-0.2, -0.15) is 0 Å². The van der Waals surface area contributed by atoms with E-state index in [1.165, 1.54) is 22.3 Å². The summed E-state index contributed by atoms with van der Waals surface area (Å²) in [5.74, 6) is -0.0933. The van der Waals surface area contributed by atoms with Crippen molar-refractivity contribution >= 4 is 5.97 Å². The van der Waals surface area contributed by atoms with E-state index in [9.17, 15) is 4.79 Å². The highest BCUT2D eigenvalue weighted by atomic mass is 16.5. The van der Waals surface area contributed by atoms with Crippen LogP contribution in [-0.4, -0.2) is 19.1 Å². The summed E-state index contributed by atoms with van der Waals surface area (Å²) in [5.41, 5.74) is 11.3. The van der Waals surface area contributed by atoms with E-state index in [1.54, 1.807) is 0 Å². The lowest BCUT2D eigenvalue weighted by molar-refractivity contribution is -0.143. The van der Waals surface area contributed by atoms with Gasteiger partial charge in [0, 0.05) is 6.42 Å². The molecule has 0 aliphatic rings. The number of carbonyl (C=O) groups excluding carboxylic acids is 1. The van der Waals surface area contributed by atoms with Crippen molar-refractivity contribution in [2.45, 2.75) is 112 Å². The summed E-state index contributed by atoms with van der Waals surface area (Å²) >= 11 is 0. The predicted octanol–water partition coefficient (Wildman–Crippen LogP) is 6.48. The second kappa shape index (κ2) is 10.8. The molecule has 1 rings (SSSR count). The molecule has 0 fully saturated rings. The summed E-state index contributed by atoms with van der Waals surface area (Å²) in [4.78, 5) is 12.4. The van der Waals surface area contributed by atoms with Crippen LogP contribution in [0.4, 0.5) is 0 Å². The van der Waals surface area contributed by atoms with E-state index >= 15 is 0 Å². The van der Waals surface area contributed by atoms with Gasteiger partial charge in [0.05, 0.1) is 6.61 Å². The van der Waals surface area contributed by atoms with Crippen molar-refractivity contribution in [3.05, 3.63) is 34.4 Å². The first-order valence-corrected chi connectivity index (χ1v) is 11.7. The molecule has 0 saturated carbocycles. The van der Waals surface area contributed by atoms with Gasteiger partial charge in [-0.15, -0.1) is 0 Å². The zero-order chi connectivity index (χ0) is 23.2. The highest BCUT2D eigenvalue weighted by Crippen LogP contribution is 2.36. The molecule has 1 aromatic rings. The van der Waals surface area contributed by atoms with Crippen LogP contribution in [0.3, 0.4) is 0 Å². The van der Waals surface area contributed by atoms with Crippen LogP contribution >= 0.6 is 0 Å². The van der Waals surface area contributed by atoms with E-state index in [0.29, 0.717) is 19.6 Å². The fourth-order valence-electron chi connectivity index (χ4n) is 3.77. The molecule has 3 nitrogen and oxygen atoms in total. The predicted molar refractivity (Wildman–Crippen MR) is 129 cm³/mol. The van der Waals surface area contributed by atoms with E-state index in [4.69, 9.17) is 10.5 Å². The van der Waals surface area contributed by atoms with Gasteiger partial charge in [-0.25, -0.2) is 0 Å². The molecule has 172 valence electrons. The molecule has 0 bridgehead atoms. The Morgan fingerprint density at radius 3 is 2.03 bits per heavy atom. The van der Waals surface area contributed by atoms with Crippen LogP contribution < -0.4 is 5.73 Å². The highest BCUT2D eigenvalue weighted by molar-refractivity contribution is 5.70. The first kappa shape index (κ1) is 26.7. The maximum Gasteiger partial charge on any atom is 0.306 e. The molecule has 0 aliphatic carbocycles. The van der Waals surface area contributed by atoms with E-state index < -0.39 is 0 Å². The Kier molecular flexibility index (Phi) is 9.60. The first-order chi connectivity index (χ1) is 13.6. The SMILES string of the molecule is CC(C)(C)Cc1cc(C(C)(C)C)cc(C(C)(C)C)c1CCC(=O)OCCCCCN. The summed E-state index contributed by atoms with van der Waals surface area (Å²) in [6.45, 7) is 21.7. The molecule has 0 saturated heterocycles. The Labute approximate surface area is 186 Å². The molecule has 0 aromatic heterocycles. The molecule has 0 aliphatic heterocycles. The average molecular weight is 418 g/mol. The number of carbonyl (C=O) groups is 1. The highest BCUT2D eigenvalue weighted by Gasteiger charge is 2.26. The largest absolute Gasteiger partial charge is 0.466 e. The van der Waals surface area contributed by atoms with Crippen molar-refractivity contribution in [2.24, 2.45) is 11.1 Å². The standard InChI is InChI=1S/C27H47NO2/c1-25(2,3)19-20-17-21(26(4,5)6)18-23(27(7,8)9)22(20)13-14-24(29)30-16-12-10-11-15-28/h17-18H,10-16,19,28H2,1-9H3. The van der Waals surface area contributed by atoms with Crippen LogP contribution in [0.15, 0.2) is 12.1 Å². The first-order valence-electron chi connectivity index (χ1n) is 11.7. The number of unbranched alkanes of at least 4 members (excludes halogenated alkanes) is 2. The summed E-state index contributed by atoms with van der Waals surface area (Å²) in [6.07, 6.45) is 5.08. The minimum Gasteiger partial charge on any atom is -0.466 e. The Balaban J connectivity index is 3.16. The zero-order valence-corrected chi connectivity index (χ0v) is 21.2. The van der Waals surface area contributed by atoms with Gasteiger partial charge in [0.25, 0.3) is 0 Å². The Morgan fingerprint density at radius 2 is 1.53 bits per heavy atom. The third-order valence-electron chi connectivity index (χ3n) is 5.43. The number of hydrogen-bond donors (Lipinski definition) is 1. The fourth-order valence-corrected chi connectivity index (χ4v) is 3.77. The fraction of sp³-hybridized carbons (Fsp3) is 0.741. The number of esters is 1. The topological polar surface area (TPSA) is 52.3 Å². The molecule has 0 amide bonds. The van der Waals surface area contributed by atoms with Gasteiger partial charge in [0.15, 0.2) is 0 Å². The van der Waals surface area contributed by atoms with E-state index in [-0.39, 0.29) is 22.2 Å². The van der Waals surface area contributed by atoms with Gasteiger partial charge in [0.1, 0.15) is 0 Å². The monoisotopic (exact) mass is 417 g/mol. The maximum absolute atomic E-state index is 12.4. The van der Waals surface area contributed by atoms with Crippen LogP contribution in [0.2, 0.25) is 0 Å². The van der Waals surface area contributed by atoms with Gasteiger partial charge in [-0.05, 0) is 77.1 Å². The molecular weight excluding hydrogens is 370 g/mol. The zero-order valence-electron chi connectivity index (χ0n) is 21.2. The molecule has 1 aromatic carbocycles. The Hall–Kier alpha value is -1.35. The number of benzene rings is 1. The van der Waals surface area contributed by atoms with E-state index in [0.717, 1.165) is 32.1 Å². The number of rotatable bonds is 9. The molecule has 0 heterocycles. The lowest BCUT2D eigenvalue weighted by Crippen LogP contribution is -2.22. The molecular formula is C27H47NO2. The minimum absolute atomic E-state index is 0.0232. The molecule has 0 atom stereocenters. The van der Waals surface area contributed by atoms with Gasteiger partial charge < -0.3 is 10.5 Å². The van der Waals surface area contributed by atoms with E-state index in [1.807, 2.05) is 0 Å². The summed E-state index contributed by atoms with van der Waals surface area (Å²) in [5, 5.41) is 0. The van der Waals surface area contributed by atoms with E-state index in [2.05, 4.69) is 74.4 Å². The molecule has 30 heavy (non-hydrogen) atoms. The number of hydrogen-bond acceptors (Lipinski definition) is 3. The molecule has 0 radical (unpaired) electrons.